The smallest absolute Gasteiger partial charge is 0.311 e. The van der Waals surface area contributed by atoms with Crippen molar-refractivity contribution < 1.29 is 9.53 Å². The molecule has 0 N–H and O–H groups in total. The van der Waals surface area contributed by atoms with Crippen molar-refractivity contribution in [1.82, 2.24) is 4.98 Å². The molecule has 19 heavy (non-hydrogen) atoms. The highest BCUT2D eigenvalue weighted by Gasteiger charge is 2.10. The molecule has 1 aromatic carbocycles. The molecule has 0 radical (unpaired) electrons. The van der Waals surface area contributed by atoms with Gasteiger partial charge < -0.3 is 4.74 Å². The molecule has 0 unspecified atom stereocenters. The summed E-state index contributed by atoms with van der Waals surface area (Å²) >= 11 is 1.56. The van der Waals surface area contributed by atoms with Crippen molar-refractivity contribution in [3.8, 4) is 10.6 Å². The van der Waals surface area contributed by atoms with Gasteiger partial charge in [0.15, 0.2) is 0 Å². The number of nitrogens with zero attached hydrogens (tertiary/aromatic N) is 1. The maximum Gasteiger partial charge on any atom is 0.311 e. The van der Waals surface area contributed by atoms with E-state index in [1.54, 1.807) is 18.3 Å². The summed E-state index contributed by atoms with van der Waals surface area (Å²) in [5.41, 5.74) is 4.32. The summed E-state index contributed by atoms with van der Waals surface area (Å²) in [6.45, 7) is 6.36. The minimum atomic E-state index is -0.222. The summed E-state index contributed by atoms with van der Waals surface area (Å²) in [5.74, 6) is -0.222. The molecule has 1 aromatic heterocycles. The molecule has 1 heterocycles. The predicted molar refractivity (Wildman–Crippen MR) is 77.4 cm³/mol. The number of hydrogen-bond donors (Lipinski definition) is 0. The fraction of sp³-hybridized carbons (Fsp3) is 0.333. The van der Waals surface area contributed by atoms with Gasteiger partial charge in [-0.1, -0.05) is 17.2 Å². The third-order valence-corrected chi connectivity index (χ3v) is 3.59. The first kappa shape index (κ1) is 13.7. The zero-order valence-electron chi connectivity index (χ0n) is 11.4. The van der Waals surface area contributed by atoms with Crippen molar-refractivity contribution in [2.45, 2.75) is 27.2 Å². The number of esters is 1. The zero-order chi connectivity index (χ0) is 13.8. The van der Waals surface area contributed by atoms with Gasteiger partial charge in [0, 0.05) is 10.9 Å². The zero-order valence-corrected chi connectivity index (χ0v) is 12.2. The van der Waals surface area contributed by atoms with Crippen molar-refractivity contribution in [2.75, 3.05) is 6.61 Å². The van der Waals surface area contributed by atoms with E-state index in [9.17, 15) is 4.79 Å². The number of aromatic nitrogens is 1. The molecule has 0 atom stereocenters. The summed E-state index contributed by atoms with van der Waals surface area (Å²) < 4.78 is 4.92. The fourth-order valence-electron chi connectivity index (χ4n) is 1.98. The van der Waals surface area contributed by atoms with E-state index >= 15 is 0 Å². The number of rotatable bonds is 4. The van der Waals surface area contributed by atoms with Gasteiger partial charge in [0.1, 0.15) is 5.01 Å². The Hall–Kier alpha value is -1.68. The molecule has 100 valence electrons. The number of carbonyl (C=O) groups excluding carboxylic acids is 1. The Balaban J connectivity index is 2.18. The van der Waals surface area contributed by atoms with Gasteiger partial charge in [-0.15, -0.1) is 11.3 Å². The second kappa shape index (κ2) is 5.97. The van der Waals surface area contributed by atoms with E-state index < -0.39 is 0 Å². The Morgan fingerprint density at radius 3 is 2.58 bits per heavy atom. The largest absolute Gasteiger partial charge is 0.466 e. The molecule has 0 aliphatic carbocycles. The van der Waals surface area contributed by atoms with E-state index in [4.69, 9.17) is 4.74 Å². The fourth-order valence-corrected chi connectivity index (χ4v) is 2.79. The van der Waals surface area contributed by atoms with Gasteiger partial charge in [0.2, 0.25) is 0 Å². The lowest BCUT2D eigenvalue weighted by Gasteiger charge is -2.01. The third kappa shape index (κ3) is 3.64. The quantitative estimate of drug-likeness (QED) is 0.801. The maximum atomic E-state index is 11.4. The average Bonchev–Trinajstić information content (AvgIpc) is 2.76. The molecule has 0 saturated carbocycles. The lowest BCUT2D eigenvalue weighted by molar-refractivity contribution is -0.142. The third-order valence-electron chi connectivity index (χ3n) is 2.65. The highest BCUT2D eigenvalue weighted by molar-refractivity contribution is 7.13. The molecule has 4 heteroatoms. The molecule has 0 aliphatic rings. The van der Waals surface area contributed by atoms with Crippen molar-refractivity contribution >= 4 is 17.3 Å². The van der Waals surface area contributed by atoms with Crippen molar-refractivity contribution in [1.29, 1.82) is 0 Å². The van der Waals surface area contributed by atoms with Crippen molar-refractivity contribution in [3.05, 3.63) is 40.4 Å². The van der Waals surface area contributed by atoms with E-state index in [1.165, 1.54) is 11.1 Å². The van der Waals surface area contributed by atoms with Crippen LogP contribution in [0.2, 0.25) is 0 Å². The number of thiazole rings is 1. The van der Waals surface area contributed by atoms with Gasteiger partial charge in [-0.2, -0.15) is 0 Å². The lowest BCUT2D eigenvalue weighted by Crippen LogP contribution is -2.07. The highest BCUT2D eigenvalue weighted by atomic mass is 32.1. The number of hydrogen-bond acceptors (Lipinski definition) is 4. The van der Waals surface area contributed by atoms with E-state index in [2.05, 4.69) is 37.0 Å². The van der Waals surface area contributed by atoms with E-state index in [0.29, 0.717) is 6.61 Å². The molecule has 2 aromatic rings. The van der Waals surface area contributed by atoms with Crippen LogP contribution in [0, 0.1) is 13.8 Å². The second-order valence-corrected chi connectivity index (χ2v) is 5.36. The van der Waals surface area contributed by atoms with E-state index in [0.717, 1.165) is 16.3 Å². The molecule has 0 aliphatic heterocycles. The summed E-state index contributed by atoms with van der Waals surface area (Å²) in [6, 6.07) is 6.36. The topological polar surface area (TPSA) is 39.2 Å². The van der Waals surface area contributed by atoms with Crippen molar-refractivity contribution in [3.63, 3.8) is 0 Å². The van der Waals surface area contributed by atoms with Gasteiger partial charge >= 0.3 is 5.97 Å². The SMILES string of the molecule is CCOC(=O)Cc1csc(-c2cc(C)cc(C)c2)n1. The van der Waals surface area contributed by atoms with Crippen LogP contribution >= 0.6 is 11.3 Å². The molecule has 3 nitrogen and oxygen atoms in total. The van der Waals surface area contributed by atoms with E-state index in [1.807, 2.05) is 5.38 Å². The maximum absolute atomic E-state index is 11.4. The van der Waals surface area contributed by atoms with Gasteiger partial charge in [-0.3, -0.25) is 4.79 Å². The number of ether oxygens (including phenoxy) is 1. The van der Waals surface area contributed by atoms with Crippen LogP contribution in [0.25, 0.3) is 10.6 Å². The molecule has 0 amide bonds. The summed E-state index contributed by atoms with van der Waals surface area (Å²) in [4.78, 5) is 15.9. The Bertz CT molecular complexity index is 569. The molecule has 0 fully saturated rings. The minimum Gasteiger partial charge on any atom is -0.466 e. The molecule has 0 saturated heterocycles. The van der Waals surface area contributed by atoms with Gasteiger partial charge in [0.05, 0.1) is 18.7 Å². The summed E-state index contributed by atoms with van der Waals surface area (Å²) in [7, 11) is 0. The highest BCUT2D eigenvalue weighted by Crippen LogP contribution is 2.26. The monoisotopic (exact) mass is 275 g/mol. The van der Waals surface area contributed by atoms with Crippen LogP contribution in [0.15, 0.2) is 23.6 Å². The van der Waals surface area contributed by atoms with Crippen LogP contribution in [-0.2, 0) is 16.0 Å². The first-order valence-corrected chi connectivity index (χ1v) is 7.15. The molecular weight excluding hydrogens is 258 g/mol. The predicted octanol–water partition coefficient (Wildman–Crippen LogP) is 3.53. The van der Waals surface area contributed by atoms with Crippen LogP contribution in [0.5, 0.6) is 0 Å². The number of benzene rings is 1. The Kier molecular flexibility index (Phi) is 4.32. The normalized spacial score (nSPS) is 10.5. The average molecular weight is 275 g/mol. The Morgan fingerprint density at radius 2 is 1.95 bits per heavy atom. The molecule has 0 bridgehead atoms. The van der Waals surface area contributed by atoms with Crippen LogP contribution in [0.4, 0.5) is 0 Å². The van der Waals surface area contributed by atoms with E-state index in [-0.39, 0.29) is 12.4 Å². The van der Waals surface area contributed by atoms with Crippen LogP contribution in [0.1, 0.15) is 23.7 Å². The Labute approximate surface area is 117 Å². The lowest BCUT2D eigenvalue weighted by atomic mass is 10.1. The molecule has 2 rings (SSSR count). The molecular formula is C15H17NO2S. The number of aryl methyl sites for hydroxylation is 2. The standard InChI is InChI=1S/C15H17NO2S/c1-4-18-14(17)8-13-9-19-15(16-13)12-6-10(2)5-11(3)7-12/h5-7,9H,4,8H2,1-3H3. The van der Waals surface area contributed by atoms with Gasteiger partial charge in [-0.25, -0.2) is 4.98 Å². The van der Waals surface area contributed by atoms with Crippen LogP contribution in [-0.4, -0.2) is 17.6 Å². The van der Waals surface area contributed by atoms with Crippen LogP contribution in [0.3, 0.4) is 0 Å². The van der Waals surface area contributed by atoms with Crippen LogP contribution < -0.4 is 0 Å². The van der Waals surface area contributed by atoms with Crippen molar-refractivity contribution in [2.24, 2.45) is 0 Å². The number of carbonyl (C=O) groups is 1. The molecule has 0 spiro atoms. The van der Waals surface area contributed by atoms with Gasteiger partial charge in [-0.05, 0) is 32.9 Å². The summed E-state index contributed by atoms with van der Waals surface area (Å²) in [6.07, 6.45) is 0.245. The first-order chi connectivity index (χ1) is 9.08. The van der Waals surface area contributed by atoms with Gasteiger partial charge in [0.25, 0.3) is 0 Å². The Morgan fingerprint density at radius 1 is 1.26 bits per heavy atom. The summed E-state index contributed by atoms with van der Waals surface area (Å²) in [5, 5.41) is 2.87. The first-order valence-electron chi connectivity index (χ1n) is 6.27. The minimum absolute atomic E-state index is 0.222. The second-order valence-electron chi connectivity index (χ2n) is 4.50.